The molecule has 0 saturated carbocycles. The Kier molecular flexibility index (Phi) is 6.50. The molecule has 1 amide bonds. The van der Waals surface area contributed by atoms with Crippen molar-refractivity contribution >= 4 is 27.3 Å². The molecular weight excluding hydrogens is 433 g/mol. The van der Waals surface area contributed by atoms with Gasteiger partial charge >= 0.3 is 0 Å². The Morgan fingerprint density at radius 3 is 2.23 bits per heavy atom. The van der Waals surface area contributed by atoms with Gasteiger partial charge in [0.25, 0.3) is 15.9 Å². The quantitative estimate of drug-likeness (QED) is 0.553. The summed E-state index contributed by atoms with van der Waals surface area (Å²) in [5, 5.41) is 2.41. The molecule has 162 valence electrons. The SMILES string of the molecule is CCOc1ccc(S(=O)(=O)Nc2c(F)cccc2F)cc1NC(=O)c1ccccc1F. The highest BCUT2D eigenvalue weighted by Gasteiger charge is 2.22. The van der Waals surface area contributed by atoms with E-state index in [2.05, 4.69) is 5.32 Å². The van der Waals surface area contributed by atoms with E-state index < -0.39 is 44.0 Å². The van der Waals surface area contributed by atoms with Crippen LogP contribution in [0.4, 0.5) is 24.5 Å². The van der Waals surface area contributed by atoms with Gasteiger partial charge < -0.3 is 10.1 Å². The van der Waals surface area contributed by atoms with Gasteiger partial charge in [-0.3, -0.25) is 9.52 Å². The Bertz CT molecular complexity index is 1210. The summed E-state index contributed by atoms with van der Waals surface area (Å²) in [6.07, 6.45) is 0. The van der Waals surface area contributed by atoms with Crippen molar-refractivity contribution < 1.29 is 31.1 Å². The van der Waals surface area contributed by atoms with E-state index in [1.165, 1.54) is 24.3 Å². The number of hydrogen-bond donors (Lipinski definition) is 2. The van der Waals surface area contributed by atoms with Crippen LogP contribution >= 0.6 is 0 Å². The maximum absolute atomic E-state index is 13.9. The second kappa shape index (κ2) is 9.09. The zero-order valence-electron chi connectivity index (χ0n) is 16.2. The monoisotopic (exact) mass is 450 g/mol. The van der Waals surface area contributed by atoms with Gasteiger partial charge in [0.15, 0.2) is 0 Å². The van der Waals surface area contributed by atoms with Gasteiger partial charge in [-0.05, 0) is 49.4 Å². The molecule has 2 N–H and O–H groups in total. The molecular formula is C21H17F3N2O4S. The fourth-order valence-corrected chi connectivity index (χ4v) is 3.78. The number of nitrogens with one attached hydrogen (secondary N) is 2. The predicted molar refractivity (Wildman–Crippen MR) is 109 cm³/mol. The van der Waals surface area contributed by atoms with Gasteiger partial charge in [-0.15, -0.1) is 0 Å². The third kappa shape index (κ3) is 4.97. The van der Waals surface area contributed by atoms with Crippen molar-refractivity contribution in [1.82, 2.24) is 0 Å². The second-order valence-electron chi connectivity index (χ2n) is 6.23. The molecule has 0 atom stereocenters. The lowest BCUT2D eigenvalue weighted by Gasteiger charge is -2.15. The van der Waals surface area contributed by atoms with Gasteiger partial charge in [-0.2, -0.15) is 0 Å². The Balaban J connectivity index is 1.97. The van der Waals surface area contributed by atoms with Crippen molar-refractivity contribution in [2.24, 2.45) is 0 Å². The lowest BCUT2D eigenvalue weighted by Crippen LogP contribution is -2.17. The molecule has 3 aromatic carbocycles. The Morgan fingerprint density at radius 2 is 1.58 bits per heavy atom. The van der Waals surface area contributed by atoms with Crippen molar-refractivity contribution in [1.29, 1.82) is 0 Å². The van der Waals surface area contributed by atoms with Crippen molar-refractivity contribution in [3.05, 3.63) is 83.7 Å². The number of rotatable bonds is 7. The zero-order chi connectivity index (χ0) is 22.6. The molecule has 10 heteroatoms. The fourth-order valence-electron chi connectivity index (χ4n) is 2.68. The lowest BCUT2D eigenvalue weighted by molar-refractivity contribution is 0.102. The van der Waals surface area contributed by atoms with E-state index in [-0.39, 0.29) is 23.6 Å². The maximum atomic E-state index is 13.9. The Morgan fingerprint density at radius 1 is 0.935 bits per heavy atom. The molecule has 0 aliphatic carbocycles. The van der Waals surface area contributed by atoms with E-state index in [1.807, 2.05) is 4.72 Å². The van der Waals surface area contributed by atoms with E-state index in [9.17, 15) is 26.4 Å². The maximum Gasteiger partial charge on any atom is 0.262 e. The molecule has 0 saturated heterocycles. The van der Waals surface area contributed by atoms with Crippen LogP contribution in [0.3, 0.4) is 0 Å². The molecule has 0 spiro atoms. The molecule has 0 aliphatic rings. The second-order valence-corrected chi connectivity index (χ2v) is 7.91. The minimum Gasteiger partial charge on any atom is -0.492 e. The largest absolute Gasteiger partial charge is 0.492 e. The standard InChI is InChI=1S/C21H17F3N2O4S/c1-2-30-19-11-10-13(31(28,29)26-20-16(23)8-5-9-17(20)24)12-18(19)25-21(27)14-6-3-4-7-15(14)22/h3-12,26H,2H2,1H3,(H,25,27). The smallest absolute Gasteiger partial charge is 0.262 e. The van der Waals surface area contributed by atoms with Crippen LogP contribution in [0, 0.1) is 17.5 Å². The van der Waals surface area contributed by atoms with Crippen LogP contribution in [-0.4, -0.2) is 20.9 Å². The van der Waals surface area contributed by atoms with E-state index in [1.54, 1.807) is 6.92 Å². The number of amides is 1. The third-order valence-corrected chi connectivity index (χ3v) is 5.47. The van der Waals surface area contributed by atoms with Crippen molar-refractivity contribution in [3.8, 4) is 5.75 Å². The van der Waals surface area contributed by atoms with Crippen molar-refractivity contribution in [2.45, 2.75) is 11.8 Å². The first kappa shape index (κ1) is 22.2. The van der Waals surface area contributed by atoms with Crippen LogP contribution in [0.15, 0.2) is 65.6 Å². The number of benzene rings is 3. The fraction of sp³-hybridized carbons (Fsp3) is 0.0952. The predicted octanol–water partition coefficient (Wildman–Crippen LogP) is 4.56. The summed E-state index contributed by atoms with van der Waals surface area (Å²) < 4.78 is 74.2. The Labute approximate surface area is 176 Å². The van der Waals surface area contributed by atoms with Crippen LogP contribution in [0.2, 0.25) is 0 Å². The van der Waals surface area contributed by atoms with Crippen molar-refractivity contribution in [2.75, 3.05) is 16.6 Å². The molecule has 3 rings (SSSR count). The molecule has 31 heavy (non-hydrogen) atoms. The summed E-state index contributed by atoms with van der Waals surface area (Å²) in [5.74, 6) is -3.66. The number of para-hydroxylation sites is 1. The Hall–Kier alpha value is -3.53. The summed E-state index contributed by atoms with van der Waals surface area (Å²) in [4.78, 5) is 12.1. The normalized spacial score (nSPS) is 11.1. The number of anilines is 2. The molecule has 0 aromatic heterocycles. The molecule has 6 nitrogen and oxygen atoms in total. The van der Waals surface area contributed by atoms with E-state index in [0.717, 1.165) is 36.4 Å². The van der Waals surface area contributed by atoms with E-state index >= 15 is 0 Å². The average molecular weight is 450 g/mol. The highest BCUT2D eigenvalue weighted by atomic mass is 32.2. The lowest BCUT2D eigenvalue weighted by atomic mass is 10.2. The number of hydrogen-bond acceptors (Lipinski definition) is 4. The molecule has 0 radical (unpaired) electrons. The summed E-state index contributed by atoms with van der Waals surface area (Å²) in [6, 6.07) is 11.6. The van der Waals surface area contributed by atoms with Gasteiger partial charge in [0.05, 0.1) is 22.8 Å². The number of halogens is 3. The number of carbonyl (C=O) groups is 1. The summed E-state index contributed by atoms with van der Waals surface area (Å²) in [7, 11) is -4.43. The van der Waals surface area contributed by atoms with Gasteiger partial charge in [-0.1, -0.05) is 18.2 Å². The molecule has 0 aliphatic heterocycles. The van der Waals surface area contributed by atoms with Gasteiger partial charge in [0.2, 0.25) is 0 Å². The highest BCUT2D eigenvalue weighted by Crippen LogP contribution is 2.30. The van der Waals surface area contributed by atoms with E-state index in [4.69, 9.17) is 4.74 Å². The van der Waals surface area contributed by atoms with Crippen molar-refractivity contribution in [3.63, 3.8) is 0 Å². The molecule has 0 unspecified atom stereocenters. The summed E-state index contributed by atoms with van der Waals surface area (Å²) >= 11 is 0. The number of ether oxygens (including phenoxy) is 1. The average Bonchev–Trinajstić information content (AvgIpc) is 2.72. The molecule has 0 heterocycles. The van der Waals surface area contributed by atoms with Crippen LogP contribution in [0.5, 0.6) is 5.75 Å². The van der Waals surface area contributed by atoms with Gasteiger partial charge in [0.1, 0.15) is 28.9 Å². The minimum absolute atomic E-state index is 0.0630. The molecule has 3 aromatic rings. The third-order valence-electron chi connectivity index (χ3n) is 4.13. The topological polar surface area (TPSA) is 84.5 Å². The van der Waals surface area contributed by atoms with Crippen LogP contribution in [-0.2, 0) is 10.0 Å². The number of sulfonamides is 1. The first-order chi connectivity index (χ1) is 14.7. The molecule has 0 fully saturated rings. The van der Waals surface area contributed by atoms with Gasteiger partial charge in [0, 0.05) is 0 Å². The van der Waals surface area contributed by atoms with Crippen LogP contribution in [0.1, 0.15) is 17.3 Å². The first-order valence-electron chi connectivity index (χ1n) is 9.02. The summed E-state index contributed by atoms with van der Waals surface area (Å²) in [5.41, 5.74) is -1.16. The molecule has 0 bridgehead atoms. The van der Waals surface area contributed by atoms with Crippen LogP contribution in [0.25, 0.3) is 0 Å². The highest BCUT2D eigenvalue weighted by molar-refractivity contribution is 7.92. The zero-order valence-corrected chi connectivity index (χ0v) is 17.0. The minimum atomic E-state index is -4.43. The summed E-state index contributed by atoms with van der Waals surface area (Å²) in [6.45, 7) is 1.88. The number of carbonyl (C=O) groups excluding carboxylic acids is 1. The first-order valence-corrected chi connectivity index (χ1v) is 10.5. The van der Waals surface area contributed by atoms with E-state index in [0.29, 0.717) is 0 Å². The van der Waals surface area contributed by atoms with Crippen LogP contribution < -0.4 is 14.8 Å². The van der Waals surface area contributed by atoms with Gasteiger partial charge in [-0.25, -0.2) is 21.6 Å².